The third kappa shape index (κ3) is 5.68. The van der Waals surface area contributed by atoms with Crippen LogP contribution in [0.2, 0.25) is 0 Å². The molecule has 0 unspecified atom stereocenters. The van der Waals surface area contributed by atoms with Crippen LogP contribution in [-0.4, -0.2) is 32.8 Å². The molecule has 6 nitrogen and oxygen atoms in total. The number of hydrogen-bond donors (Lipinski definition) is 0. The maximum atomic E-state index is 12.4. The van der Waals surface area contributed by atoms with E-state index < -0.39 is 0 Å². The Labute approximate surface area is 222 Å². The number of benzene rings is 2. The normalized spacial score (nSPS) is 13.5. The van der Waals surface area contributed by atoms with Crippen LogP contribution in [0.5, 0.6) is 0 Å². The van der Waals surface area contributed by atoms with Gasteiger partial charge in [0.25, 0.3) is 0 Å². The first kappa shape index (κ1) is 28.3. The van der Waals surface area contributed by atoms with Gasteiger partial charge in [0.05, 0.1) is 32.0 Å². The van der Waals surface area contributed by atoms with Crippen molar-refractivity contribution in [1.29, 1.82) is 0 Å². The van der Waals surface area contributed by atoms with Crippen molar-refractivity contribution in [1.82, 2.24) is 0 Å². The van der Waals surface area contributed by atoms with Gasteiger partial charge in [-0.15, -0.1) is 0 Å². The summed E-state index contributed by atoms with van der Waals surface area (Å²) in [4.78, 5) is 29.4. The van der Waals surface area contributed by atoms with Crippen LogP contribution in [0.4, 0.5) is 11.4 Å². The van der Waals surface area contributed by atoms with Crippen molar-refractivity contribution in [3.05, 3.63) is 70.0 Å². The van der Waals surface area contributed by atoms with Gasteiger partial charge in [0, 0.05) is 23.8 Å². The van der Waals surface area contributed by atoms with Gasteiger partial charge in [-0.25, -0.2) is 9.59 Å². The molecule has 0 bridgehead atoms. The van der Waals surface area contributed by atoms with Crippen LogP contribution in [0, 0.1) is 0 Å². The van der Waals surface area contributed by atoms with Crippen LogP contribution in [0.3, 0.4) is 0 Å². The molecule has 2 aromatic carbocycles. The van der Waals surface area contributed by atoms with Crippen LogP contribution >= 0.6 is 0 Å². The zero-order chi connectivity index (χ0) is 27.6. The van der Waals surface area contributed by atoms with E-state index in [1.165, 1.54) is 14.2 Å². The van der Waals surface area contributed by atoms with Gasteiger partial charge in [0.15, 0.2) is 0 Å². The average Bonchev–Trinajstić information content (AvgIpc) is 3.35. The molecule has 1 aliphatic heterocycles. The topological polar surface area (TPSA) is 59.1 Å². The molecule has 6 heteroatoms. The maximum absolute atomic E-state index is 12.4. The second-order valence-corrected chi connectivity index (χ2v) is 11.0. The third-order valence-corrected chi connectivity index (χ3v) is 6.97. The van der Waals surface area contributed by atoms with Gasteiger partial charge < -0.3 is 19.3 Å². The molecule has 1 heterocycles. The number of methoxy groups -OCH3 is 2. The Morgan fingerprint density at radius 1 is 0.595 bits per heavy atom. The number of carbonyl (C=O) groups excluding carboxylic acids is 2. The number of esters is 2. The monoisotopic (exact) mass is 506 g/mol. The van der Waals surface area contributed by atoms with Crippen molar-refractivity contribution < 1.29 is 19.1 Å². The van der Waals surface area contributed by atoms with E-state index >= 15 is 0 Å². The lowest BCUT2D eigenvalue weighted by Crippen LogP contribution is -2.28. The molecule has 0 radical (unpaired) electrons. The molecule has 0 amide bonds. The molecule has 1 aliphatic rings. The van der Waals surface area contributed by atoms with Crippen LogP contribution in [0.25, 0.3) is 0 Å². The number of rotatable bonds is 8. The van der Waals surface area contributed by atoms with E-state index in [4.69, 9.17) is 9.47 Å². The molecule has 2 aromatic rings. The van der Waals surface area contributed by atoms with E-state index in [1.807, 2.05) is 24.3 Å². The van der Waals surface area contributed by atoms with E-state index in [2.05, 4.69) is 77.6 Å². The van der Waals surface area contributed by atoms with Crippen molar-refractivity contribution in [3.8, 4) is 0 Å². The van der Waals surface area contributed by atoms with Crippen LogP contribution in [0.15, 0.2) is 36.7 Å². The minimum atomic E-state index is -0.317. The number of anilines is 2. The standard InChI is InChI=1S/C31H42N2O4/c1-18(2)24-13-22(30(34)36-9)14-25(19(3)4)28(24)32-11-12-33(17-32)29-26(20(5)6)15-23(31(35)37-10)16-27(29)21(7)8/h11-16,18-21H,17H2,1-10H3. The summed E-state index contributed by atoms with van der Waals surface area (Å²) in [5.41, 5.74) is 7.92. The molecule has 0 fully saturated rings. The lowest BCUT2D eigenvalue weighted by atomic mass is 9.89. The highest BCUT2D eigenvalue weighted by molar-refractivity contribution is 5.92. The van der Waals surface area contributed by atoms with Crippen molar-refractivity contribution in [2.45, 2.75) is 79.1 Å². The smallest absolute Gasteiger partial charge is 0.337 e. The molecule has 0 spiro atoms. The van der Waals surface area contributed by atoms with E-state index in [0.29, 0.717) is 17.8 Å². The zero-order valence-electron chi connectivity index (χ0n) is 24.0. The van der Waals surface area contributed by atoms with E-state index in [-0.39, 0.29) is 35.6 Å². The highest BCUT2D eigenvalue weighted by atomic mass is 16.5. The summed E-state index contributed by atoms with van der Waals surface area (Å²) in [5, 5.41) is 0. The molecule has 0 atom stereocenters. The van der Waals surface area contributed by atoms with Gasteiger partial charge in [-0.2, -0.15) is 0 Å². The number of carbonyl (C=O) groups is 2. The highest BCUT2D eigenvalue weighted by Gasteiger charge is 2.29. The van der Waals surface area contributed by atoms with Crippen molar-refractivity contribution in [3.63, 3.8) is 0 Å². The van der Waals surface area contributed by atoms with Crippen molar-refractivity contribution in [2.75, 3.05) is 30.7 Å². The molecule has 200 valence electrons. The lowest BCUT2D eigenvalue weighted by Gasteiger charge is -2.31. The van der Waals surface area contributed by atoms with Gasteiger partial charge in [-0.3, -0.25) is 0 Å². The molecular weight excluding hydrogens is 464 g/mol. The fraction of sp³-hybridized carbons (Fsp3) is 0.484. The zero-order valence-corrected chi connectivity index (χ0v) is 24.0. The summed E-state index contributed by atoms with van der Waals surface area (Å²) in [6.45, 7) is 17.9. The summed E-state index contributed by atoms with van der Waals surface area (Å²) >= 11 is 0. The molecule has 37 heavy (non-hydrogen) atoms. The largest absolute Gasteiger partial charge is 0.465 e. The first-order valence-electron chi connectivity index (χ1n) is 13.1. The van der Waals surface area contributed by atoms with E-state index in [0.717, 1.165) is 33.6 Å². The Kier molecular flexibility index (Phi) is 8.72. The molecule has 0 saturated heterocycles. The molecular formula is C31H42N2O4. The Balaban J connectivity index is 2.15. The minimum absolute atomic E-state index is 0.219. The number of hydrogen-bond acceptors (Lipinski definition) is 6. The van der Waals surface area contributed by atoms with Gasteiger partial charge >= 0.3 is 11.9 Å². The van der Waals surface area contributed by atoms with Crippen molar-refractivity contribution >= 4 is 23.3 Å². The molecule has 3 rings (SSSR count). The van der Waals surface area contributed by atoms with Gasteiger partial charge in [0.2, 0.25) is 0 Å². The van der Waals surface area contributed by atoms with E-state index in [1.54, 1.807) is 0 Å². The Morgan fingerprint density at radius 2 is 0.865 bits per heavy atom. The third-order valence-electron chi connectivity index (χ3n) is 6.97. The van der Waals surface area contributed by atoms with Gasteiger partial charge in [-0.05, 0) is 70.2 Å². The molecule has 0 saturated carbocycles. The van der Waals surface area contributed by atoms with Gasteiger partial charge in [-0.1, -0.05) is 55.4 Å². The summed E-state index contributed by atoms with van der Waals surface area (Å²) < 4.78 is 10.1. The minimum Gasteiger partial charge on any atom is -0.465 e. The fourth-order valence-corrected chi connectivity index (χ4v) is 4.97. The van der Waals surface area contributed by atoms with Crippen molar-refractivity contribution in [2.24, 2.45) is 0 Å². The quantitative estimate of drug-likeness (QED) is 0.345. The number of ether oxygens (including phenoxy) is 2. The summed E-state index contributed by atoms with van der Waals surface area (Å²) in [7, 11) is 2.84. The first-order valence-corrected chi connectivity index (χ1v) is 13.1. The van der Waals surface area contributed by atoms with Crippen LogP contribution in [0.1, 0.15) is 122 Å². The summed E-state index contributed by atoms with van der Waals surface area (Å²) in [5.74, 6) is 0.242. The second-order valence-electron chi connectivity index (χ2n) is 11.0. The highest BCUT2D eigenvalue weighted by Crippen LogP contribution is 2.42. The maximum Gasteiger partial charge on any atom is 0.337 e. The number of nitrogens with zero attached hydrogens (tertiary/aromatic N) is 2. The predicted octanol–water partition coefficient (Wildman–Crippen LogP) is 7.51. The first-order chi connectivity index (χ1) is 17.4. The average molecular weight is 507 g/mol. The second kappa shape index (κ2) is 11.4. The van der Waals surface area contributed by atoms with E-state index in [9.17, 15) is 9.59 Å². The molecule has 0 aliphatic carbocycles. The Morgan fingerprint density at radius 3 is 1.08 bits per heavy atom. The summed E-state index contributed by atoms with van der Waals surface area (Å²) in [6.07, 6.45) is 4.24. The van der Waals surface area contributed by atoms with Crippen LogP contribution < -0.4 is 9.80 Å². The Bertz CT molecular complexity index is 1040. The predicted molar refractivity (Wildman–Crippen MR) is 151 cm³/mol. The lowest BCUT2D eigenvalue weighted by molar-refractivity contribution is 0.0591. The fourth-order valence-electron chi connectivity index (χ4n) is 4.97. The van der Waals surface area contributed by atoms with Gasteiger partial charge in [0.1, 0.15) is 0 Å². The summed E-state index contributed by atoms with van der Waals surface area (Å²) in [6, 6.07) is 7.88. The SMILES string of the molecule is COC(=O)c1cc(C(C)C)c(N2C=CN(c3c(C(C)C)cc(C(=O)OC)cc3C(C)C)C2)c(C(C)C)c1. The molecule has 0 aromatic heterocycles. The molecule has 0 N–H and O–H groups in total. The Hall–Kier alpha value is -3.28. The van der Waals surface area contributed by atoms with Crippen LogP contribution in [-0.2, 0) is 9.47 Å².